The van der Waals surface area contributed by atoms with Crippen molar-refractivity contribution in [1.82, 2.24) is 0 Å². The minimum Gasteiger partial charge on any atom is -0.489 e. The van der Waals surface area contributed by atoms with Gasteiger partial charge in [-0.05, 0) is 18.2 Å². The summed E-state index contributed by atoms with van der Waals surface area (Å²) in [5, 5.41) is 0.909. The molecule has 4 heteroatoms. The molecule has 1 fully saturated rings. The predicted molar refractivity (Wildman–Crippen MR) is 62.4 cm³/mol. The van der Waals surface area contributed by atoms with E-state index >= 15 is 0 Å². The van der Waals surface area contributed by atoms with E-state index in [0.29, 0.717) is 5.02 Å². The van der Waals surface area contributed by atoms with Gasteiger partial charge in [0.1, 0.15) is 11.9 Å². The smallest absolute Gasteiger partial charge is 0.138 e. The molecular formula is C10H9BrCl2O. The fraction of sp³-hybridized carbons (Fsp3) is 0.400. The maximum Gasteiger partial charge on any atom is 0.138 e. The highest BCUT2D eigenvalue weighted by Gasteiger charge is 2.29. The normalized spacial score (nSPS) is 25.6. The lowest BCUT2D eigenvalue weighted by Gasteiger charge is -2.31. The van der Waals surface area contributed by atoms with Gasteiger partial charge in [-0.25, -0.2) is 0 Å². The van der Waals surface area contributed by atoms with E-state index in [0.717, 1.165) is 23.1 Å². The number of alkyl halides is 1. The summed E-state index contributed by atoms with van der Waals surface area (Å²) in [6, 6.07) is 5.61. The van der Waals surface area contributed by atoms with E-state index in [1.54, 1.807) is 0 Å². The fourth-order valence-corrected chi connectivity index (χ4v) is 2.46. The van der Waals surface area contributed by atoms with Gasteiger partial charge in [-0.1, -0.05) is 27.5 Å². The van der Waals surface area contributed by atoms with Gasteiger partial charge in [0, 0.05) is 22.7 Å². The average Bonchev–Trinajstić information content (AvgIpc) is 2.06. The molecule has 0 amide bonds. The molecule has 0 saturated heterocycles. The van der Waals surface area contributed by atoms with Gasteiger partial charge in [-0.15, -0.1) is 11.6 Å². The van der Waals surface area contributed by atoms with E-state index in [9.17, 15) is 0 Å². The van der Waals surface area contributed by atoms with Crippen LogP contribution in [0.3, 0.4) is 0 Å². The highest BCUT2D eigenvalue weighted by molar-refractivity contribution is 9.10. The van der Waals surface area contributed by atoms with E-state index in [1.807, 2.05) is 18.2 Å². The van der Waals surface area contributed by atoms with Gasteiger partial charge in [0.15, 0.2) is 0 Å². The predicted octanol–water partition coefficient (Wildman–Crippen LogP) is 4.25. The number of benzene rings is 1. The third kappa shape index (κ3) is 2.36. The van der Waals surface area contributed by atoms with Crippen molar-refractivity contribution in [2.45, 2.75) is 24.3 Å². The highest BCUT2D eigenvalue weighted by Crippen LogP contribution is 2.34. The Morgan fingerprint density at radius 2 is 2.07 bits per heavy atom. The van der Waals surface area contributed by atoms with E-state index in [4.69, 9.17) is 27.9 Å². The van der Waals surface area contributed by atoms with Gasteiger partial charge in [-0.2, -0.15) is 0 Å². The van der Waals surface area contributed by atoms with Crippen molar-refractivity contribution in [2.75, 3.05) is 0 Å². The third-order valence-electron chi connectivity index (χ3n) is 2.22. The molecule has 0 aromatic heterocycles. The molecule has 1 aliphatic rings. The van der Waals surface area contributed by atoms with Crippen LogP contribution in [-0.4, -0.2) is 11.5 Å². The summed E-state index contributed by atoms with van der Waals surface area (Å²) < 4.78 is 6.63. The molecule has 0 radical (unpaired) electrons. The molecule has 1 saturated carbocycles. The molecule has 0 atom stereocenters. The molecule has 14 heavy (non-hydrogen) atoms. The van der Waals surface area contributed by atoms with Crippen LogP contribution >= 0.6 is 39.1 Å². The SMILES string of the molecule is Clc1cc(Br)ccc1OC1CC(Cl)C1. The Kier molecular flexibility index (Phi) is 3.25. The van der Waals surface area contributed by atoms with E-state index in [1.165, 1.54) is 0 Å². The quantitative estimate of drug-likeness (QED) is 0.741. The first-order valence-corrected chi connectivity index (χ1v) is 6.01. The average molecular weight is 296 g/mol. The number of rotatable bonds is 2. The van der Waals surface area contributed by atoms with Crippen molar-refractivity contribution < 1.29 is 4.74 Å². The van der Waals surface area contributed by atoms with Gasteiger partial charge in [0.05, 0.1) is 5.02 Å². The molecule has 0 unspecified atom stereocenters. The van der Waals surface area contributed by atoms with Crippen molar-refractivity contribution >= 4 is 39.1 Å². The second-order valence-electron chi connectivity index (χ2n) is 3.38. The van der Waals surface area contributed by atoms with Crippen LogP contribution < -0.4 is 4.74 Å². The first kappa shape index (κ1) is 10.6. The van der Waals surface area contributed by atoms with E-state index in [-0.39, 0.29) is 11.5 Å². The topological polar surface area (TPSA) is 9.23 Å². The second-order valence-corrected chi connectivity index (χ2v) is 5.32. The number of halogens is 3. The molecule has 1 aromatic carbocycles. The molecule has 1 aliphatic carbocycles. The summed E-state index contributed by atoms with van der Waals surface area (Å²) in [6.45, 7) is 0. The molecule has 0 N–H and O–H groups in total. The Bertz CT molecular complexity index is 337. The van der Waals surface area contributed by atoms with Gasteiger partial charge in [0.25, 0.3) is 0 Å². The van der Waals surface area contributed by atoms with Crippen LogP contribution in [0.2, 0.25) is 5.02 Å². The summed E-state index contributed by atoms with van der Waals surface area (Å²) in [4.78, 5) is 0. The zero-order chi connectivity index (χ0) is 10.1. The van der Waals surface area contributed by atoms with Crippen LogP contribution in [0.15, 0.2) is 22.7 Å². The summed E-state index contributed by atoms with van der Waals surface area (Å²) >= 11 is 15.2. The van der Waals surface area contributed by atoms with Crippen molar-refractivity contribution in [1.29, 1.82) is 0 Å². The number of ether oxygens (including phenoxy) is 1. The zero-order valence-corrected chi connectivity index (χ0v) is 10.4. The molecule has 0 bridgehead atoms. The Hall–Kier alpha value is 0.0800. The van der Waals surface area contributed by atoms with Crippen LogP contribution in [0.5, 0.6) is 5.75 Å². The second kappa shape index (κ2) is 4.30. The monoisotopic (exact) mass is 294 g/mol. The largest absolute Gasteiger partial charge is 0.489 e. The van der Waals surface area contributed by atoms with Crippen molar-refractivity contribution in [3.63, 3.8) is 0 Å². The van der Waals surface area contributed by atoms with E-state index in [2.05, 4.69) is 15.9 Å². The van der Waals surface area contributed by atoms with Gasteiger partial charge < -0.3 is 4.74 Å². The fourth-order valence-electron chi connectivity index (χ4n) is 1.35. The first-order chi connectivity index (χ1) is 6.65. The molecule has 1 aromatic rings. The molecule has 0 heterocycles. The first-order valence-electron chi connectivity index (χ1n) is 4.41. The number of hydrogen-bond acceptors (Lipinski definition) is 1. The molecule has 0 aliphatic heterocycles. The summed E-state index contributed by atoms with van der Waals surface area (Å²) in [6.07, 6.45) is 2.05. The Morgan fingerprint density at radius 1 is 1.36 bits per heavy atom. The van der Waals surface area contributed by atoms with Crippen LogP contribution in [0.1, 0.15) is 12.8 Å². The lowest BCUT2D eigenvalue weighted by atomic mass is 9.95. The lowest BCUT2D eigenvalue weighted by molar-refractivity contribution is 0.124. The van der Waals surface area contributed by atoms with Crippen molar-refractivity contribution in [2.24, 2.45) is 0 Å². The Labute approximate surface area is 101 Å². The Morgan fingerprint density at radius 3 is 2.64 bits per heavy atom. The van der Waals surface area contributed by atoms with Crippen molar-refractivity contribution in [3.8, 4) is 5.75 Å². The molecule has 1 nitrogen and oxygen atoms in total. The molecule has 76 valence electrons. The molecular weight excluding hydrogens is 287 g/mol. The van der Waals surface area contributed by atoms with Crippen molar-refractivity contribution in [3.05, 3.63) is 27.7 Å². The van der Waals surface area contributed by atoms with Gasteiger partial charge >= 0.3 is 0 Å². The lowest BCUT2D eigenvalue weighted by Crippen LogP contribution is -2.34. The van der Waals surface area contributed by atoms with Crippen LogP contribution in [-0.2, 0) is 0 Å². The maximum atomic E-state index is 6.00. The Balaban J connectivity index is 2.02. The minimum absolute atomic E-state index is 0.233. The summed E-state index contributed by atoms with van der Waals surface area (Å²) in [5.41, 5.74) is 0. The standard InChI is InChI=1S/C10H9BrCl2O/c11-6-1-2-10(9(13)3-6)14-8-4-7(12)5-8/h1-3,7-8H,4-5H2. The number of hydrogen-bond donors (Lipinski definition) is 0. The van der Waals surface area contributed by atoms with E-state index < -0.39 is 0 Å². The summed E-state index contributed by atoms with van der Waals surface area (Å²) in [5.74, 6) is 0.739. The summed E-state index contributed by atoms with van der Waals surface area (Å²) in [7, 11) is 0. The molecule has 0 spiro atoms. The molecule has 2 rings (SSSR count). The third-order valence-corrected chi connectivity index (χ3v) is 3.37. The van der Waals surface area contributed by atoms with Gasteiger partial charge in [-0.3, -0.25) is 0 Å². The minimum atomic E-state index is 0.233. The van der Waals surface area contributed by atoms with Crippen LogP contribution in [0.25, 0.3) is 0 Å². The van der Waals surface area contributed by atoms with Crippen LogP contribution in [0, 0.1) is 0 Å². The maximum absolute atomic E-state index is 6.00. The van der Waals surface area contributed by atoms with Crippen LogP contribution in [0.4, 0.5) is 0 Å². The highest BCUT2D eigenvalue weighted by atomic mass is 79.9. The zero-order valence-electron chi connectivity index (χ0n) is 7.34. The van der Waals surface area contributed by atoms with Gasteiger partial charge in [0.2, 0.25) is 0 Å².